The number of carbonyl (C=O) groups excluding carboxylic acids is 1. The molecule has 2 atom stereocenters. The molecule has 0 spiro atoms. The fourth-order valence-electron chi connectivity index (χ4n) is 6.28. The number of amides is 1. The number of pyridine rings is 1. The smallest absolute Gasteiger partial charge is 0.410 e. The number of anilines is 2. The van der Waals surface area contributed by atoms with E-state index in [0.717, 1.165) is 17.5 Å². The zero-order valence-corrected chi connectivity index (χ0v) is 29.8. The number of nitrogens with one attached hydrogen (secondary N) is 2. The van der Waals surface area contributed by atoms with E-state index in [2.05, 4.69) is 26.9 Å². The maximum atomic E-state index is 15.1. The van der Waals surface area contributed by atoms with Gasteiger partial charge in [0, 0.05) is 42.3 Å². The average molecular weight is 713 g/mol. The van der Waals surface area contributed by atoms with Crippen LogP contribution in [0.25, 0.3) is 22.0 Å². The van der Waals surface area contributed by atoms with Gasteiger partial charge in [-0.15, -0.1) is 0 Å². The fourth-order valence-corrected chi connectivity index (χ4v) is 7.76. The number of aromatic nitrogens is 3. The molecule has 1 fully saturated rings. The molecule has 51 heavy (non-hydrogen) atoms. The van der Waals surface area contributed by atoms with Crippen LogP contribution in [-0.4, -0.2) is 59.2 Å². The van der Waals surface area contributed by atoms with Crippen LogP contribution >= 0.6 is 0 Å². The first-order chi connectivity index (χ1) is 24.5. The minimum Gasteiger partial charge on any atom is -0.445 e. The first kappa shape index (κ1) is 35.5. The molecule has 13 heteroatoms. The SMILES string of the molecule is Cc1ccc2c(NS(=O)(=O)CC(C)C)c(F)ccc2c1Oc1ncccc1-c1ccnc(N[C@H]2C[C@H](C)CN(C(=O)OCc3ccccc3)C2)n1. The number of hydrogen-bond donors (Lipinski definition) is 2. The van der Waals surface area contributed by atoms with Crippen molar-refractivity contribution in [3.63, 3.8) is 0 Å². The Hall–Kier alpha value is -5.30. The van der Waals surface area contributed by atoms with Crippen molar-refractivity contribution < 1.29 is 27.1 Å². The molecule has 2 aromatic heterocycles. The topological polar surface area (TPSA) is 136 Å². The molecule has 11 nitrogen and oxygen atoms in total. The van der Waals surface area contributed by atoms with Crippen molar-refractivity contribution in [3.05, 3.63) is 102 Å². The normalized spacial score (nSPS) is 16.2. The van der Waals surface area contributed by atoms with Gasteiger partial charge in [0.15, 0.2) is 0 Å². The van der Waals surface area contributed by atoms with Crippen LogP contribution in [0.2, 0.25) is 0 Å². The van der Waals surface area contributed by atoms with E-state index in [9.17, 15) is 13.2 Å². The Morgan fingerprint density at radius 1 is 0.980 bits per heavy atom. The van der Waals surface area contributed by atoms with Gasteiger partial charge in [-0.3, -0.25) is 4.72 Å². The summed E-state index contributed by atoms with van der Waals surface area (Å²) >= 11 is 0. The zero-order valence-electron chi connectivity index (χ0n) is 29.0. The highest BCUT2D eigenvalue weighted by atomic mass is 32.2. The van der Waals surface area contributed by atoms with Crippen LogP contribution in [0.1, 0.15) is 38.3 Å². The van der Waals surface area contributed by atoms with Gasteiger partial charge in [-0.2, -0.15) is 0 Å². The highest BCUT2D eigenvalue weighted by Gasteiger charge is 2.29. The Morgan fingerprint density at radius 2 is 1.76 bits per heavy atom. The van der Waals surface area contributed by atoms with Crippen LogP contribution in [-0.2, 0) is 21.4 Å². The fraction of sp³-hybridized carbons (Fsp3) is 0.316. The molecule has 0 bridgehead atoms. The molecule has 266 valence electrons. The highest BCUT2D eigenvalue weighted by molar-refractivity contribution is 7.92. The summed E-state index contributed by atoms with van der Waals surface area (Å²) < 4.78 is 55.1. The van der Waals surface area contributed by atoms with Gasteiger partial charge in [0.25, 0.3) is 0 Å². The van der Waals surface area contributed by atoms with Crippen molar-refractivity contribution in [2.45, 2.75) is 46.8 Å². The Morgan fingerprint density at radius 3 is 2.55 bits per heavy atom. The monoisotopic (exact) mass is 712 g/mol. The molecule has 1 saturated heterocycles. The van der Waals surface area contributed by atoms with Gasteiger partial charge in [0.2, 0.25) is 21.9 Å². The van der Waals surface area contributed by atoms with E-state index < -0.39 is 15.8 Å². The van der Waals surface area contributed by atoms with Crippen molar-refractivity contribution in [2.75, 3.05) is 28.9 Å². The lowest BCUT2D eigenvalue weighted by Crippen LogP contribution is -2.48. The Labute approximate surface area is 297 Å². The predicted octanol–water partition coefficient (Wildman–Crippen LogP) is 7.79. The molecule has 6 rings (SSSR count). The average Bonchev–Trinajstić information content (AvgIpc) is 3.09. The molecular formula is C38H41FN6O5S. The molecule has 0 aliphatic carbocycles. The third-order valence-electron chi connectivity index (χ3n) is 8.47. The lowest BCUT2D eigenvalue weighted by molar-refractivity contribution is 0.0783. The van der Waals surface area contributed by atoms with Crippen molar-refractivity contribution >= 4 is 38.5 Å². The zero-order chi connectivity index (χ0) is 36.1. The third kappa shape index (κ3) is 8.72. The Bertz CT molecular complexity index is 2130. The lowest BCUT2D eigenvalue weighted by atomic mass is 9.96. The van der Waals surface area contributed by atoms with Gasteiger partial charge >= 0.3 is 6.09 Å². The van der Waals surface area contributed by atoms with E-state index in [1.54, 1.807) is 61.5 Å². The molecular weight excluding hydrogens is 672 g/mol. The number of nitrogens with zero attached hydrogens (tertiary/aromatic N) is 4. The van der Waals surface area contributed by atoms with Gasteiger partial charge in [-0.25, -0.2) is 32.6 Å². The Kier molecular flexibility index (Phi) is 10.7. The van der Waals surface area contributed by atoms with E-state index in [1.807, 2.05) is 43.3 Å². The van der Waals surface area contributed by atoms with Crippen LogP contribution in [0.3, 0.4) is 0 Å². The summed E-state index contributed by atoms with van der Waals surface area (Å²) in [4.78, 5) is 28.4. The number of fused-ring (bicyclic) bond motifs is 1. The molecule has 2 N–H and O–H groups in total. The first-order valence-electron chi connectivity index (χ1n) is 16.9. The molecule has 3 aromatic carbocycles. The summed E-state index contributed by atoms with van der Waals surface area (Å²) in [5.41, 5.74) is 2.66. The van der Waals surface area contributed by atoms with Crippen LogP contribution in [0.4, 0.5) is 20.8 Å². The van der Waals surface area contributed by atoms with Gasteiger partial charge in [-0.1, -0.05) is 63.2 Å². The summed E-state index contributed by atoms with van der Waals surface area (Å²) in [5, 5.41) is 4.27. The highest BCUT2D eigenvalue weighted by Crippen LogP contribution is 2.40. The van der Waals surface area contributed by atoms with Crippen LogP contribution in [0.15, 0.2) is 85.2 Å². The quantitative estimate of drug-likeness (QED) is 0.141. The number of sulfonamides is 1. The van der Waals surface area contributed by atoms with Gasteiger partial charge in [0.1, 0.15) is 18.2 Å². The first-order valence-corrected chi connectivity index (χ1v) is 18.5. The Balaban J connectivity index is 1.22. The number of benzene rings is 3. The van der Waals surface area contributed by atoms with Crippen molar-refractivity contribution in [1.82, 2.24) is 19.9 Å². The van der Waals surface area contributed by atoms with Crippen molar-refractivity contribution in [1.29, 1.82) is 0 Å². The second kappa shape index (κ2) is 15.3. The number of halogens is 1. The molecule has 0 unspecified atom stereocenters. The number of likely N-dealkylation sites (tertiary alicyclic amines) is 1. The van der Waals surface area contributed by atoms with Crippen molar-refractivity contribution in [3.8, 4) is 22.9 Å². The van der Waals surface area contributed by atoms with Crippen LogP contribution < -0.4 is 14.8 Å². The molecule has 5 aromatic rings. The van der Waals surface area contributed by atoms with Gasteiger partial charge in [-0.05, 0) is 66.6 Å². The molecule has 1 amide bonds. The van der Waals surface area contributed by atoms with Gasteiger partial charge in [0.05, 0.1) is 22.7 Å². The minimum atomic E-state index is -3.80. The van der Waals surface area contributed by atoms with Crippen molar-refractivity contribution in [2.24, 2.45) is 11.8 Å². The summed E-state index contributed by atoms with van der Waals surface area (Å²) in [5.74, 6) is 0.284. The molecule has 1 aliphatic rings. The summed E-state index contributed by atoms with van der Waals surface area (Å²) in [6.07, 6.45) is 3.69. The summed E-state index contributed by atoms with van der Waals surface area (Å²) in [6.45, 7) is 8.74. The van der Waals surface area contributed by atoms with Crippen LogP contribution in [0.5, 0.6) is 11.6 Å². The second-order valence-electron chi connectivity index (χ2n) is 13.4. The minimum absolute atomic E-state index is 0.108. The number of rotatable bonds is 11. The molecule has 1 aliphatic heterocycles. The second-order valence-corrected chi connectivity index (χ2v) is 15.1. The lowest BCUT2D eigenvalue weighted by Gasteiger charge is -2.36. The summed E-state index contributed by atoms with van der Waals surface area (Å²) in [7, 11) is -3.80. The maximum absolute atomic E-state index is 15.1. The number of aryl methyl sites for hydroxylation is 1. The maximum Gasteiger partial charge on any atom is 0.410 e. The van der Waals surface area contributed by atoms with Crippen LogP contribution in [0, 0.1) is 24.6 Å². The molecule has 3 heterocycles. The number of piperidine rings is 1. The number of hydrogen-bond acceptors (Lipinski definition) is 9. The van der Waals surface area contributed by atoms with E-state index in [-0.39, 0.29) is 47.9 Å². The predicted molar refractivity (Wildman–Crippen MR) is 196 cm³/mol. The van der Waals surface area contributed by atoms with E-state index in [4.69, 9.17) is 14.5 Å². The summed E-state index contributed by atoms with van der Waals surface area (Å²) in [6, 6.07) is 21.0. The molecule has 0 radical (unpaired) electrons. The number of ether oxygens (including phenoxy) is 2. The van der Waals surface area contributed by atoms with E-state index in [1.165, 1.54) is 6.07 Å². The van der Waals surface area contributed by atoms with E-state index in [0.29, 0.717) is 46.8 Å². The number of carbonyl (C=O) groups is 1. The third-order valence-corrected chi connectivity index (χ3v) is 10.1. The molecule has 0 saturated carbocycles. The standard InChI is InChI=1S/C38H41FN6O5S/c1-24(2)23-51(47,48)44-34-29-13-12-26(4)35(30(29)14-15-32(34)39)50-36-31(11-8-17-40-36)33-16-18-41-37(43-33)42-28-19-25(3)20-45(21-28)38(46)49-22-27-9-6-5-7-10-27/h5-18,24-25,28,44H,19-23H2,1-4H3,(H,41,42,43)/t25-,28-/m0/s1. The van der Waals surface area contributed by atoms with Gasteiger partial charge < -0.3 is 19.7 Å². The van der Waals surface area contributed by atoms with E-state index >= 15 is 4.39 Å². The largest absolute Gasteiger partial charge is 0.445 e.